The second-order valence-electron chi connectivity index (χ2n) is 9.41. The Morgan fingerprint density at radius 2 is 1.85 bits per heavy atom. The van der Waals surface area contributed by atoms with Crippen molar-refractivity contribution in [3.8, 4) is 17.2 Å². The van der Waals surface area contributed by atoms with Gasteiger partial charge in [-0.25, -0.2) is 5.84 Å². The number of hydrazine groups is 1. The van der Waals surface area contributed by atoms with E-state index in [9.17, 15) is 9.59 Å². The predicted molar refractivity (Wildman–Crippen MR) is 149 cm³/mol. The van der Waals surface area contributed by atoms with E-state index in [1.807, 2.05) is 72.8 Å². The van der Waals surface area contributed by atoms with E-state index >= 15 is 0 Å². The van der Waals surface area contributed by atoms with E-state index in [0.29, 0.717) is 30.9 Å². The Kier molecular flexibility index (Phi) is 9.98. The molecule has 4 rings (SSSR count). The van der Waals surface area contributed by atoms with E-state index in [1.165, 1.54) is 11.2 Å². The standard InChI is InChI=1S/C30H34N4O6/c1-37-20-39-25-12-13-27-22(15-25)10-11-23(18-38-19-35)29(27)33-30(36)28(31)17-34(32)16-21-6-5-9-26(14-21)40-24-7-3-2-4-8-24/h2-9,12-15,17,19,23,29H,10-11,16,18,20,31-32H2,1H3,(H,33,36)/b28-17-. The molecular weight excluding hydrogens is 512 g/mol. The number of aryl methyl sites for hydroxylation is 1. The van der Waals surface area contributed by atoms with Gasteiger partial charge >= 0.3 is 0 Å². The van der Waals surface area contributed by atoms with Crippen molar-refractivity contribution in [1.29, 1.82) is 0 Å². The number of carbonyl (C=O) groups excluding carboxylic acids is 2. The molecule has 3 aromatic carbocycles. The predicted octanol–water partition coefficient (Wildman–Crippen LogP) is 3.53. The van der Waals surface area contributed by atoms with Crippen LogP contribution in [-0.4, -0.2) is 37.9 Å². The fourth-order valence-corrected chi connectivity index (χ4v) is 4.67. The Balaban J connectivity index is 1.43. The second kappa shape index (κ2) is 14.0. The minimum Gasteiger partial charge on any atom is -0.468 e. The Morgan fingerprint density at radius 1 is 1.05 bits per heavy atom. The van der Waals surface area contributed by atoms with Gasteiger partial charge in [0.05, 0.1) is 19.2 Å². The van der Waals surface area contributed by atoms with Crippen LogP contribution in [0.25, 0.3) is 0 Å². The second-order valence-corrected chi connectivity index (χ2v) is 9.41. The van der Waals surface area contributed by atoms with E-state index in [4.69, 9.17) is 30.5 Å². The first-order valence-electron chi connectivity index (χ1n) is 12.9. The highest BCUT2D eigenvalue weighted by atomic mass is 16.7. The molecular formula is C30H34N4O6. The fourth-order valence-electron chi connectivity index (χ4n) is 4.67. The molecule has 0 aromatic heterocycles. The molecule has 210 valence electrons. The zero-order chi connectivity index (χ0) is 28.3. The van der Waals surface area contributed by atoms with Crippen molar-refractivity contribution in [2.45, 2.75) is 25.4 Å². The Bertz CT molecular complexity index is 1320. The molecule has 1 amide bonds. The third-order valence-electron chi connectivity index (χ3n) is 6.52. The van der Waals surface area contributed by atoms with Crippen LogP contribution in [0.4, 0.5) is 0 Å². The maximum atomic E-state index is 13.1. The maximum absolute atomic E-state index is 13.1. The van der Waals surface area contributed by atoms with E-state index in [1.54, 1.807) is 7.11 Å². The third-order valence-corrected chi connectivity index (χ3v) is 6.52. The van der Waals surface area contributed by atoms with Crippen molar-refractivity contribution in [3.05, 3.63) is 101 Å². The first-order chi connectivity index (χ1) is 19.5. The molecule has 10 nitrogen and oxygen atoms in total. The van der Waals surface area contributed by atoms with Crippen LogP contribution in [-0.2, 0) is 32.0 Å². The molecule has 0 saturated carbocycles. The van der Waals surface area contributed by atoms with E-state index in [-0.39, 0.29) is 25.0 Å². The topological polar surface area (TPSA) is 138 Å². The summed E-state index contributed by atoms with van der Waals surface area (Å²) in [4.78, 5) is 24.0. The van der Waals surface area contributed by atoms with Crippen LogP contribution in [0, 0.1) is 5.92 Å². The lowest BCUT2D eigenvalue weighted by atomic mass is 9.80. The average molecular weight is 547 g/mol. The Morgan fingerprint density at radius 3 is 2.62 bits per heavy atom. The van der Waals surface area contributed by atoms with Crippen LogP contribution in [0.2, 0.25) is 0 Å². The van der Waals surface area contributed by atoms with Crippen LogP contribution in [0.5, 0.6) is 17.2 Å². The van der Waals surface area contributed by atoms with E-state index in [0.717, 1.165) is 28.9 Å². The van der Waals surface area contributed by atoms with Crippen LogP contribution < -0.4 is 26.4 Å². The summed E-state index contributed by atoms with van der Waals surface area (Å²) in [5.74, 6) is 7.64. The molecule has 3 aromatic rings. The summed E-state index contributed by atoms with van der Waals surface area (Å²) >= 11 is 0. The van der Waals surface area contributed by atoms with Gasteiger partial charge in [-0.05, 0) is 65.9 Å². The monoisotopic (exact) mass is 546 g/mol. The largest absolute Gasteiger partial charge is 0.468 e. The molecule has 40 heavy (non-hydrogen) atoms. The summed E-state index contributed by atoms with van der Waals surface area (Å²) in [5, 5.41) is 4.35. The zero-order valence-electron chi connectivity index (χ0n) is 22.3. The average Bonchev–Trinajstić information content (AvgIpc) is 2.96. The molecule has 0 fully saturated rings. The van der Waals surface area contributed by atoms with Crippen LogP contribution >= 0.6 is 0 Å². The van der Waals surface area contributed by atoms with Gasteiger partial charge in [0.1, 0.15) is 22.9 Å². The number of benzene rings is 3. The number of para-hydroxylation sites is 1. The summed E-state index contributed by atoms with van der Waals surface area (Å²) in [6.45, 7) is 1.02. The number of ether oxygens (including phenoxy) is 4. The Hall–Kier alpha value is -4.54. The number of nitrogens with two attached hydrogens (primary N) is 2. The number of rotatable bonds is 13. The number of hydrogen-bond donors (Lipinski definition) is 3. The first-order valence-corrected chi connectivity index (χ1v) is 12.9. The normalized spacial score (nSPS) is 16.4. The van der Waals surface area contributed by atoms with Gasteiger partial charge in [-0.3, -0.25) is 9.59 Å². The molecule has 0 radical (unpaired) electrons. The molecule has 0 heterocycles. The molecule has 10 heteroatoms. The lowest BCUT2D eigenvalue weighted by Crippen LogP contribution is -2.41. The van der Waals surface area contributed by atoms with Gasteiger partial charge in [0.15, 0.2) is 6.79 Å². The first kappa shape index (κ1) is 28.5. The minimum absolute atomic E-state index is 0.0542. The number of nitrogens with zero attached hydrogens (tertiary/aromatic N) is 1. The van der Waals surface area contributed by atoms with Crippen LogP contribution in [0.1, 0.15) is 29.2 Å². The summed E-state index contributed by atoms with van der Waals surface area (Å²) in [6.07, 6.45) is 2.84. The zero-order valence-corrected chi connectivity index (χ0v) is 22.3. The third kappa shape index (κ3) is 7.75. The van der Waals surface area contributed by atoms with Gasteiger partial charge in [0.2, 0.25) is 0 Å². The van der Waals surface area contributed by atoms with Gasteiger partial charge in [-0.15, -0.1) is 0 Å². The summed E-state index contributed by atoms with van der Waals surface area (Å²) < 4.78 is 21.5. The molecule has 5 N–H and O–H groups in total. The van der Waals surface area contributed by atoms with Crippen LogP contribution in [0.15, 0.2) is 84.7 Å². The number of methoxy groups -OCH3 is 1. The number of hydrogen-bond acceptors (Lipinski definition) is 9. The maximum Gasteiger partial charge on any atom is 0.293 e. The highest BCUT2D eigenvalue weighted by Gasteiger charge is 2.32. The van der Waals surface area contributed by atoms with Crippen molar-refractivity contribution < 1.29 is 28.5 Å². The number of amides is 1. The van der Waals surface area contributed by atoms with Gasteiger partial charge in [0.25, 0.3) is 12.4 Å². The minimum atomic E-state index is -0.481. The molecule has 2 atom stereocenters. The van der Waals surface area contributed by atoms with Crippen LogP contribution in [0.3, 0.4) is 0 Å². The molecule has 0 aliphatic heterocycles. The highest BCUT2D eigenvalue weighted by Crippen LogP contribution is 2.36. The summed E-state index contributed by atoms with van der Waals surface area (Å²) in [6, 6.07) is 22.2. The van der Waals surface area contributed by atoms with E-state index < -0.39 is 11.9 Å². The SMILES string of the molecule is COCOc1ccc2c(c1)CCC(COC=O)C2NC(=O)/C(N)=C/N(N)Cc1cccc(Oc2ccccc2)c1. The number of carbonyl (C=O) groups is 2. The Labute approximate surface area is 233 Å². The van der Waals surface area contributed by atoms with Crippen molar-refractivity contribution in [2.75, 3.05) is 20.5 Å². The number of nitrogens with one attached hydrogen (secondary N) is 1. The van der Waals surface area contributed by atoms with Gasteiger partial charge in [0, 0.05) is 19.2 Å². The molecule has 0 bridgehead atoms. The quantitative estimate of drug-likeness (QED) is 0.0966. The van der Waals surface area contributed by atoms with Crippen molar-refractivity contribution in [2.24, 2.45) is 17.5 Å². The molecule has 0 spiro atoms. The summed E-state index contributed by atoms with van der Waals surface area (Å²) in [5.41, 5.74) is 8.91. The van der Waals surface area contributed by atoms with E-state index in [2.05, 4.69) is 5.32 Å². The lowest BCUT2D eigenvalue weighted by molar-refractivity contribution is -0.130. The lowest BCUT2D eigenvalue weighted by Gasteiger charge is -2.34. The van der Waals surface area contributed by atoms with Gasteiger partial charge < -0.3 is 35.0 Å². The fraction of sp³-hybridized carbons (Fsp3) is 0.267. The van der Waals surface area contributed by atoms with Crippen molar-refractivity contribution in [3.63, 3.8) is 0 Å². The molecule has 2 unspecified atom stereocenters. The highest BCUT2D eigenvalue weighted by molar-refractivity contribution is 5.92. The van der Waals surface area contributed by atoms with Crippen molar-refractivity contribution in [1.82, 2.24) is 10.3 Å². The van der Waals surface area contributed by atoms with Gasteiger partial charge in [-0.1, -0.05) is 36.4 Å². The smallest absolute Gasteiger partial charge is 0.293 e. The number of fused-ring (bicyclic) bond motifs is 1. The van der Waals surface area contributed by atoms with Gasteiger partial charge in [-0.2, -0.15) is 0 Å². The van der Waals surface area contributed by atoms with Crippen molar-refractivity contribution >= 4 is 12.4 Å². The molecule has 1 aliphatic rings. The molecule has 0 saturated heterocycles. The molecule has 1 aliphatic carbocycles. The summed E-state index contributed by atoms with van der Waals surface area (Å²) in [7, 11) is 1.56.